The van der Waals surface area contributed by atoms with Crippen molar-refractivity contribution in [1.29, 1.82) is 0 Å². The Morgan fingerprint density at radius 3 is 2.39 bits per heavy atom. The number of hydrogen-bond donors (Lipinski definition) is 1. The van der Waals surface area contributed by atoms with Gasteiger partial charge in [-0.2, -0.15) is 0 Å². The van der Waals surface area contributed by atoms with Crippen LogP contribution in [0.5, 0.6) is 5.75 Å². The largest absolute Gasteiger partial charge is 0.502 e. The molecule has 1 N–H and O–H groups in total. The van der Waals surface area contributed by atoms with Crippen molar-refractivity contribution in [3.8, 4) is 16.9 Å². The van der Waals surface area contributed by atoms with Gasteiger partial charge in [-0.15, -0.1) is 0 Å². The van der Waals surface area contributed by atoms with E-state index in [4.69, 9.17) is 11.6 Å². The lowest BCUT2D eigenvalue weighted by molar-refractivity contribution is -0.385. The number of halogens is 1. The zero-order valence-corrected chi connectivity index (χ0v) is 10.3. The summed E-state index contributed by atoms with van der Waals surface area (Å²) in [5.74, 6) is -0.338. The second-order valence-corrected chi connectivity index (χ2v) is 4.33. The van der Waals surface area contributed by atoms with E-state index in [0.29, 0.717) is 10.6 Å². The van der Waals surface area contributed by atoms with Crippen molar-refractivity contribution in [2.24, 2.45) is 0 Å². The number of benzene rings is 2. The Kier molecular flexibility index (Phi) is 3.21. The molecule has 0 spiro atoms. The topological polar surface area (TPSA) is 63.4 Å². The van der Waals surface area contributed by atoms with Crippen LogP contribution in [0.15, 0.2) is 36.4 Å². The van der Waals surface area contributed by atoms with Crippen molar-refractivity contribution in [2.45, 2.75) is 6.92 Å². The fourth-order valence-electron chi connectivity index (χ4n) is 1.67. The lowest BCUT2D eigenvalue weighted by Crippen LogP contribution is -1.89. The molecule has 2 aromatic rings. The molecule has 0 aliphatic carbocycles. The maximum Gasteiger partial charge on any atom is 0.311 e. The molecule has 0 radical (unpaired) electrons. The van der Waals surface area contributed by atoms with Crippen LogP contribution in [0, 0.1) is 17.0 Å². The van der Waals surface area contributed by atoms with Crippen LogP contribution in [0.3, 0.4) is 0 Å². The molecule has 0 aromatic heterocycles. The molecule has 0 bridgehead atoms. The van der Waals surface area contributed by atoms with E-state index in [-0.39, 0.29) is 11.4 Å². The molecule has 18 heavy (non-hydrogen) atoms. The SMILES string of the molecule is Cc1cc(-c2ccc(O)c([N+](=O)[O-])c2)ccc1Cl. The van der Waals surface area contributed by atoms with Gasteiger partial charge in [-0.05, 0) is 41.8 Å². The Bertz CT molecular complexity index is 626. The molecule has 2 aromatic carbocycles. The summed E-state index contributed by atoms with van der Waals surface area (Å²) in [5.41, 5.74) is 2.07. The summed E-state index contributed by atoms with van der Waals surface area (Å²) in [6.07, 6.45) is 0. The van der Waals surface area contributed by atoms with Gasteiger partial charge >= 0.3 is 5.69 Å². The third-order valence-electron chi connectivity index (χ3n) is 2.66. The second kappa shape index (κ2) is 4.66. The third-order valence-corrected chi connectivity index (χ3v) is 3.09. The van der Waals surface area contributed by atoms with Gasteiger partial charge in [-0.1, -0.05) is 23.7 Å². The number of hydrogen-bond acceptors (Lipinski definition) is 3. The minimum atomic E-state index is -0.610. The number of nitro groups is 1. The van der Waals surface area contributed by atoms with Crippen LogP contribution in [0.1, 0.15) is 5.56 Å². The molecule has 0 fully saturated rings. The summed E-state index contributed by atoms with van der Waals surface area (Å²) in [6, 6.07) is 9.66. The summed E-state index contributed by atoms with van der Waals surface area (Å²) in [7, 11) is 0. The number of rotatable bonds is 2. The van der Waals surface area contributed by atoms with E-state index < -0.39 is 4.92 Å². The van der Waals surface area contributed by atoms with Crippen LogP contribution < -0.4 is 0 Å². The Morgan fingerprint density at radius 2 is 1.78 bits per heavy atom. The fraction of sp³-hybridized carbons (Fsp3) is 0.0769. The minimum absolute atomic E-state index is 0.305. The summed E-state index contributed by atoms with van der Waals surface area (Å²) in [5, 5.41) is 20.8. The van der Waals surface area contributed by atoms with Gasteiger partial charge in [0.05, 0.1) is 4.92 Å². The van der Waals surface area contributed by atoms with Crippen molar-refractivity contribution in [3.63, 3.8) is 0 Å². The number of phenols is 1. The molecule has 2 rings (SSSR count). The molecule has 0 heterocycles. The Balaban J connectivity index is 2.54. The molecule has 4 nitrogen and oxygen atoms in total. The molecule has 0 aliphatic rings. The van der Waals surface area contributed by atoms with Gasteiger partial charge in [0.2, 0.25) is 0 Å². The maximum atomic E-state index is 10.8. The first-order chi connectivity index (χ1) is 8.49. The molecule has 92 valence electrons. The zero-order valence-electron chi connectivity index (χ0n) is 9.55. The van der Waals surface area contributed by atoms with Gasteiger partial charge in [0, 0.05) is 11.1 Å². The van der Waals surface area contributed by atoms with Crippen LogP contribution in [0.2, 0.25) is 5.02 Å². The predicted molar refractivity (Wildman–Crippen MR) is 69.9 cm³/mol. The van der Waals surface area contributed by atoms with Gasteiger partial charge in [0.1, 0.15) is 0 Å². The van der Waals surface area contributed by atoms with E-state index in [0.717, 1.165) is 11.1 Å². The highest BCUT2D eigenvalue weighted by Crippen LogP contribution is 2.32. The van der Waals surface area contributed by atoms with Gasteiger partial charge in [0.15, 0.2) is 5.75 Å². The Morgan fingerprint density at radius 1 is 1.17 bits per heavy atom. The van der Waals surface area contributed by atoms with Crippen LogP contribution in [0.25, 0.3) is 11.1 Å². The van der Waals surface area contributed by atoms with E-state index in [9.17, 15) is 15.2 Å². The van der Waals surface area contributed by atoms with Gasteiger partial charge < -0.3 is 5.11 Å². The maximum absolute atomic E-state index is 10.8. The molecule has 5 heteroatoms. The number of aromatic hydroxyl groups is 1. The number of phenolic OH excluding ortho intramolecular Hbond substituents is 1. The molecular weight excluding hydrogens is 254 g/mol. The van der Waals surface area contributed by atoms with E-state index in [1.807, 2.05) is 13.0 Å². The molecular formula is C13H10ClNO3. The third kappa shape index (κ3) is 2.28. The molecule has 0 saturated heterocycles. The lowest BCUT2D eigenvalue weighted by atomic mass is 10.0. The van der Waals surface area contributed by atoms with Gasteiger partial charge in [0.25, 0.3) is 0 Å². The molecule has 0 atom stereocenters. The number of aryl methyl sites for hydroxylation is 1. The average Bonchev–Trinajstić information content (AvgIpc) is 2.33. The smallest absolute Gasteiger partial charge is 0.311 e. The molecule has 0 unspecified atom stereocenters. The van der Waals surface area contributed by atoms with Crippen molar-refractivity contribution in [3.05, 3.63) is 57.1 Å². The van der Waals surface area contributed by atoms with E-state index >= 15 is 0 Å². The monoisotopic (exact) mass is 263 g/mol. The Labute approximate surface area is 109 Å². The van der Waals surface area contributed by atoms with Crippen molar-refractivity contribution < 1.29 is 10.0 Å². The van der Waals surface area contributed by atoms with Crippen LogP contribution in [-0.2, 0) is 0 Å². The fourth-order valence-corrected chi connectivity index (χ4v) is 1.79. The van der Waals surface area contributed by atoms with Crippen LogP contribution >= 0.6 is 11.6 Å². The second-order valence-electron chi connectivity index (χ2n) is 3.92. The van der Waals surface area contributed by atoms with Gasteiger partial charge in [-0.3, -0.25) is 10.1 Å². The number of nitro benzene ring substituents is 1. The highest BCUT2D eigenvalue weighted by molar-refractivity contribution is 6.31. The summed E-state index contributed by atoms with van der Waals surface area (Å²) in [4.78, 5) is 10.1. The summed E-state index contributed by atoms with van der Waals surface area (Å²) < 4.78 is 0. The highest BCUT2D eigenvalue weighted by atomic mass is 35.5. The number of nitrogens with zero attached hydrogens (tertiary/aromatic N) is 1. The van der Waals surface area contributed by atoms with E-state index in [2.05, 4.69) is 0 Å². The van der Waals surface area contributed by atoms with Crippen molar-refractivity contribution in [2.75, 3.05) is 0 Å². The van der Waals surface area contributed by atoms with Crippen LogP contribution in [-0.4, -0.2) is 10.0 Å². The summed E-state index contributed by atoms with van der Waals surface area (Å²) in [6.45, 7) is 1.86. The lowest BCUT2D eigenvalue weighted by Gasteiger charge is -2.05. The van der Waals surface area contributed by atoms with Crippen molar-refractivity contribution in [1.82, 2.24) is 0 Å². The van der Waals surface area contributed by atoms with Crippen molar-refractivity contribution >= 4 is 17.3 Å². The van der Waals surface area contributed by atoms with Crippen LogP contribution in [0.4, 0.5) is 5.69 Å². The first kappa shape index (κ1) is 12.4. The van der Waals surface area contributed by atoms with Gasteiger partial charge in [-0.25, -0.2) is 0 Å². The highest BCUT2D eigenvalue weighted by Gasteiger charge is 2.14. The Hall–Kier alpha value is -2.07. The quantitative estimate of drug-likeness (QED) is 0.659. The minimum Gasteiger partial charge on any atom is -0.502 e. The summed E-state index contributed by atoms with van der Waals surface area (Å²) >= 11 is 5.93. The predicted octanol–water partition coefficient (Wildman–Crippen LogP) is 3.93. The normalized spacial score (nSPS) is 10.3. The first-order valence-electron chi connectivity index (χ1n) is 5.23. The van der Waals surface area contributed by atoms with E-state index in [1.54, 1.807) is 18.2 Å². The molecule has 0 saturated carbocycles. The zero-order chi connectivity index (χ0) is 13.3. The standard InChI is InChI=1S/C13H10ClNO3/c1-8-6-9(2-4-11(8)14)10-3-5-13(16)12(7-10)15(17)18/h2-7,16H,1H3. The molecule has 0 amide bonds. The first-order valence-corrected chi connectivity index (χ1v) is 5.61. The molecule has 0 aliphatic heterocycles. The average molecular weight is 264 g/mol. The van der Waals surface area contributed by atoms with E-state index in [1.165, 1.54) is 12.1 Å².